The maximum atomic E-state index is 15.0. The van der Waals surface area contributed by atoms with Crippen LogP contribution in [0.2, 0.25) is 0 Å². The number of amides is 8. The van der Waals surface area contributed by atoms with Gasteiger partial charge < -0.3 is 108 Å². The highest BCUT2D eigenvalue weighted by Gasteiger charge is 2.40. The highest BCUT2D eigenvalue weighted by atomic mass is 32.2. The molecule has 0 spiro atoms. The van der Waals surface area contributed by atoms with Crippen molar-refractivity contribution in [1.82, 2.24) is 47.2 Å². The van der Waals surface area contributed by atoms with E-state index in [0.29, 0.717) is 62.9 Å². The van der Waals surface area contributed by atoms with Gasteiger partial charge in [-0.05, 0) is 177 Å². The van der Waals surface area contributed by atoms with Gasteiger partial charge in [-0.3, -0.25) is 81.9 Å². The molecule has 0 saturated carbocycles. The van der Waals surface area contributed by atoms with Crippen LogP contribution in [0.5, 0.6) is 5.75 Å². The molecule has 39 heteroatoms. The summed E-state index contributed by atoms with van der Waals surface area (Å²) in [5.74, 6) is -20.7. The number of carboxylic acid groups (broad SMARTS) is 1. The summed E-state index contributed by atoms with van der Waals surface area (Å²) in [6.07, 6.45) is 16.3. The van der Waals surface area contributed by atoms with Crippen LogP contribution in [-0.2, 0) is 84.8 Å². The minimum atomic E-state index is -1.92. The standard InChI is InChI=1S/C95H163N19O19S/c1-8-9-10-11-12-13-14-15-16-17-18-19-20-34-85(124)108-75(32-23-26-42-98)93(133)111-72(31-22-25-41-97)79(118)53-67(46-60(2)3)90(130)109-73(33-28-44-106-95(102)103)80(119)54-68(58-115)91(131)110-74(39-45-134-7)84(123)55-71(62(6)116)92(132)114-78(56-86(125)126)82(121)50-64(29-21-24-40-96)88(128)113-77(48-63-35-37-70(117)38-36-63)81(120)51-65(30-27-43-105-94(100)101)89(129)112-76(47-61(4)5)83(122)52-66(87(99)127)49-69-57-104-59-107-69/h35-38,57,59-62,64-68,71-78,115-117H,8-34,39-56,58,96-98H2,1-7H3,(H2,99,127)(H,104,107)(H,108,124)(H,109,130)(H,110,131)(H,111,133)(H,112,129)(H,113,128)(H,114,132)(H,125,126)(H4,100,101,105)(H4,102,103,106)/t62-,64-,65-,66-,67-,68+,71+,72+,73+,74+,75+,76-,77+,78+/m1/s1. The van der Waals surface area contributed by atoms with Crippen molar-refractivity contribution in [2.45, 2.75) is 340 Å². The number of thioether (sulfide) groups is 1. The topological polar surface area (TPSA) is 683 Å². The summed E-state index contributed by atoms with van der Waals surface area (Å²) in [7, 11) is 0. The number of hydrogen-bond acceptors (Lipinski definition) is 25. The first-order chi connectivity index (χ1) is 63.8. The van der Waals surface area contributed by atoms with Gasteiger partial charge in [0, 0.05) is 94.1 Å². The van der Waals surface area contributed by atoms with Gasteiger partial charge in [-0.25, -0.2) is 4.98 Å². The van der Waals surface area contributed by atoms with Crippen molar-refractivity contribution < 1.29 is 92.3 Å². The Morgan fingerprint density at radius 2 is 0.836 bits per heavy atom. The van der Waals surface area contributed by atoms with E-state index >= 15 is 4.79 Å². The zero-order valence-electron chi connectivity index (χ0n) is 80.5. The number of hydrogen-bond donors (Lipinski definition) is 20. The van der Waals surface area contributed by atoms with Crippen LogP contribution >= 0.6 is 11.8 Å². The molecule has 0 aliphatic rings. The molecule has 14 atom stereocenters. The molecule has 8 amide bonds. The number of carboxylic acids is 1. The molecule has 2 aromatic rings. The van der Waals surface area contributed by atoms with Gasteiger partial charge in [0.15, 0.2) is 46.6 Å². The van der Waals surface area contributed by atoms with Gasteiger partial charge in [-0.2, -0.15) is 11.8 Å². The SMILES string of the molecule is CCCCCCCCCCCCCCCC(=O)N[C@@H](CCCCN)C(=O)N[C@@H](CCCCN)C(=O)C[C@@H](CC(C)C)C(=O)N[C@@H](CCCN=C(N)N)C(=O)C[C@@H](CO)C(=O)N[C@@H](CCSC)C(=O)C[C@H](C(=O)N[C@@H](CC(=O)O)C(=O)C[C@@H](CCCCN)C(=O)N[C@@H](Cc1ccc(O)cc1)C(=O)C[C@@H](CCCN=C(N)N)C(=O)N[C@H](CC(C)C)C(=O)C[C@@H](Cc1cnc[nH]1)C(N)=O)[C@@H](C)O. The van der Waals surface area contributed by atoms with E-state index < -0.39 is 205 Å². The summed E-state index contributed by atoms with van der Waals surface area (Å²) in [5.41, 5.74) is 46.9. The Morgan fingerprint density at radius 3 is 1.32 bits per heavy atom. The first-order valence-electron chi connectivity index (χ1n) is 48.3. The van der Waals surface area contributed by atoms with Crippen LogP contribution in [-0.4, -0.2) is 230 Å². The molecule has 28 N–H and O–H groups in total. The normalized spacial score (nSPS) is 14.6. The molecule has 0 aliphatic heterocycles. The number of H-pyrrole nitrogens is 1. The molecular formula is C95H163N19O19S. The monoisotopic (exact) mass is 1910 g/mol. The number of ketones is 6. The number of aliphatic hydroxyl groups excluding tert-OH is 2. The van der Waals surface area contributed by atoms with E-state index in [1.165, 1.54) is 99.9 Å². The number of aliphatic imine (C=N–C) groups is 2. The average Bonchev–Trinajstić information content (AvgIpc) is 0.943. The number of primary amides is 1. The van der Waals surface area contributed by atoms with Gasteiger partial charge in [0.25, 0.3) is 0 Å². The summed E-state index contributed by atoms with van der Waals surface area (Å²) in [5, 5.41) is 61.8. The fraction of sp³-hybridized carbons (Fsp3) is 0.726. The summed E-state index contributed by atoms with van der Waals surface area (Å²) >= 11 is 1.27. The second-order valence-electron chi connectivity index (χ2n) is 36.5. The number of aromatic nitrogens is 2. The number of nitrogens with one attached hydrogen (secondary N) is 8. The molecule has 1 aromatic heterocycles. The number of imidazole rings is 1. The molecule has 134 heavy (non-hydrogen) atoms. The number of benzene rings is 1. The molecule has 758 valence electrons. The number of nitrogens with two attached hydrogens (primary N) is 8. The number of guanidine groups is 2. The van der Waals surface area contributed by atoms with Crippen molar-refractivity contribution in [2.75, 3.05) is 51.3 Å². The Balaban J connectivity index is 2.51. The van der Waals surface area contributed by atoms with Gasteiger partial charge in [0.05, 0.1) is 79.5 Å². The number of Topliss-reactive ketones (excluding diaryl/α,β-unsaturated/α-hetero) is 6. The van der Waals surface area contributed by atoms with Gasteiger partial charge >= 0.3 is 5.97 Å². The fourth-order valence-electron chi connectivity index (χ4n) is 16.0. The molecule has 38 nitrogen and oxygen atoms in total. The van der Waals surface area contributed by atoms with Gasteiger partial charge in [0.2, 0.25) is 47.3 Å². The fourth-order valence-corrected chi connectivity index (χ4v) is 16.5. The second kappa shape index (κ2) is 69.9. The summed E-state index contributed by atoms with van der Waals surface area (Å²) in [6.45, 7) is 10.5. The summed E-state index contributed by atoms with van der Waals surface area (Å²) in [4.78, 5) is 229. The molecule has 0 aliphatic carbocycles. The van der Waals surface area contributed by atoms with Crippen molar-refractivity contribution in [1.29, 1.82) is 0 Å². The first kappa shape index (κ1) is 120. The number of carbonyl (C=O) groups excluding carboxylic acids is 14. The molecule has 0 fully saturated rings. The quantitative estimate of drug-likeness (QED) is 0.0238. The van der Waals surface area contributed by atoms with Gasteiger partial charge in [-0.15, -0.1) is 0 Å². The number of phenols is 1. The van der Waals surface area contributed by atoms with Crippen LogP contribution < -0.4 is 83.1 Å². The summed E-state index contributed by atoms with van der Waals surface area (Å²) < 4.78 is 0. The lowest BCUT2D eigenvalue weighted by molar-refractivity contribution is -0.142. The minimum absolute atomic E-state index is 0.00355. The number of carbonyl (C=O) groups is 15. The smallest absolute Gasteiger partial charge is 0.305 e. The lowest BCUT2D eigenvalue weighted by Crippen LogP contribution is -2.52. The molecule has 0 radical (unpaired) electrons. The Labute approximate surface area is 795 Å². The average molecular weight is 1910 g/mol. The van der Waals surface area contributed by atoms with E-state index in [4.69, 9.17) is 45.9 Å². The van der Waals surface area contributed by atoms with E-state index in [9.17, 15) is 87.5 Å². The van der Waals surface area contributed by atoms with Crippen LogP contribution in [0.3, 0.4) is 0 Å². The van der Waals surface area contributed by atoms with Crippen LogP contribution in [0.15, 0.2) is 46.8 Å². The van der Waals surface area contributed by atoms with E-state index in [1.54, 1.807) is 6.26 Å². The number of unbranched alkanes of at least 4 members (excludes halogenated alkanes) is 15. The van der Waals surface area contributed by atoms with Crippen molar-refractivity contribution in [2.24, 2.45) is 103 Å². The van der Waals surface area contributed by atoms with Crippen molar-refractivity contribution in [3.63, 3.8) is 0 Å². The number of aliphatic carboxylic acids is 1. The predicted molar refractivity (Wildman–Crippen MR) is 517 cm³/mol. The van der Waals surface area contributed by atoms with E-state index in [1.807, 2.05) is 27.7 Å². The second-order valence-corrected chi connectivity index (χ2v) is 37.4. The molecule has 0 saturated heterocycles. The maximum Gasteiger partial charge on any atom is 0.305 e. The van der Waals surface area contributed by atoms with Crippen LogP contribution in [0.1, 0.15) is 290 Å². The van der Waals surface area contributed by atoms with Crippen LogP contribution in [0.25, 0.3) is 0 Å². The third-order valence-corrected chi connectivity index (χ3v) is 24.4. The van der Waals surface area contributed by atoms with Crippen LogP contribution in [0, 0.1) is 47.3 Å². The Morgan fingerprint density at radius 1 is 0.425 bits per heavy atom. The molecule has 0 bridgehead atoms. The number of aromatic amines is 1. The highest BCUT2D eigenvalue weighted by Crippen LogP contribution is 2.27. The predicted octanol–water partition coefficient (Wildman–Crippen LogP) is 4.90. The molecule has 2 rings (SSSR count). The van der Waals surface area contributed by atoms with Crippen molar-refractivity contribution in [3.05, 3.63) is 48.0 Å². The molecule has 1 aromatic carbocycles. The lowest BCUT2D eigenvalue weighted by Gasteiger charge is -2.27. The first-order valence-corrected chi connectivity index (χ1v) is 49.7. The molecule has 0 unspecified atom stereocenters. The van der Waals surface area contributed by atoms with Crippen molar-refractivity contribution in [3.8, 4) is 5.75 Å². The Bertz CT molecular complexity index is 3920. The maximum absolute atomic E-state index is 15.0. The van der Waals surface area contributed by atoms with Crippen LogP contribution in [0.4, 0.5) is 0 Å². The number of aliphatic hydroxyl groups is 2. The lowest BCUT2D eigenvalue weighted by atomic mass is 9.87. The van der Waals surface area contributed by atoms with E-state index in [0.717, 1.165) is 32.6 Å². The Kier molecular flexibility index (Phi) is 62.7. The van der Waals surface area contributed by atoms with Gasteiger partial charge in [-0.1, -0.05) is 130 Å². The third-order valence-electron chi connectivity index (χ3n) is 23.8. The number of aromatic hydroxyl groups is 1. The zero-order chi connectivity index (χ0) is 100. The number of phenolic OH excluding ortho intramolecular Hbond substituents is 1. The Hall–Kier alpha value is -9.83. The molecular weight excluding hydrogens is 1740 g/mol. The minimum Gasteiger partial charge on any atom is -0.508 e. The van der Waals surface area contributed by atoms with E-state index in [2.05, 4.69) is 64.1 Å². The van der Waals surface area contributed by atoms with Gasteiger partial charge in [0.1, 0.15) is 11.8 Å². The third kappa shape index (κ3) is 52.3. The number of rotatable bonds is 81. The zero-order valence-corrected chi connectivity index (χ0v) is 81.3. The largest absolute Gasteiger partial charge is 0.508 e. The van der Waals surface area contributed by atoms with Crippen molar-refractivity contribution >= 4 is 112 Å². The number of nitrogens with zero attached hydrogens (tertiary/aromatic N) is 3. The summed E-state index contributed by atoms with van der Waals surface area (Å²) in [6, 6.07) is -3.77. The van der Waals surface area contributed by atoms with E-state index in [-0.39, 0.29) is 164 Å². The molecule has 1 heterocycles. The highest BCUT2D eigenvalue weighted by molar-refractivity contribution is 7.98.